The first-order chi connectivity index (χ1) is 54.5. The summed E-state index contributed by atoms with van der Waals surface area (Å²) in [6, 6.07) is 0. The molecule has 0 radical (unpaired) electrons. The summed E-state index contributed by atoms with van der Waals surface area (Å²) in [6.45, 7) is 31.0. The summed E-state index contributed by atoms with van der Waals surface area (Å²) in [5.41, 5.74) is -0.781. The van der Waals surface area contributed by atoms with Gasteiger partial charge in [0, 0.05) is 0 Å². The van der Waals surface area contributed by atoms with Crippen molar-refractivity contribution in [1.82, 2.24) is 0 Å². The van der Waals surface area contributed by atoms with Crippen LogP contribution in [0.3, 0.4) is 0 Å². The van der Waals surface area contributed by atoms with E-state index < -0.39 is 16.2 Å². The van der Waals surface area contributed by atoms with Crippen LogP contribution in [-0.2, 0) is 85.6 Å². The highest BCUT2D eigenvalue weighted by Crippen LogP contribution is 2.68. The topological polar surface area (TPSA) is 213 Å². The van der Waals surface area contributed by atoms with Crippen molar-refractivity contribution in [2.45, 2.75) is 448 Å². The maximum atomic E-state index is 11.9. The summed E-state index contributed by atoms with van der Waals surface area (Å²) in [5, 5.41) is 0. The van der Waals surface area contributed by atoms with Crippen LogP contribution < -0.4 is 0 Å². The molecule has 20 rings (SSSR count). The Morgan fingerprint density at radius 2 is 0.579 bits per heavy atom. The molecule has 126 heavy (non-hydrogen) atoms. The molecule has 20 saturated carbocycles. The van der Waals surface area contributed by atoms with Gasteiger partial charge in [0.15, 0.2) is 40.8 Å². The number of carbonyl (C=O) groups excluding carboxylic acids is 6. The minimum absolute atomic E-state index is 0. The highest BCUT2D eigenvalue weighted by atomic mass is 16.7. The maximum absolute atomic E-state index is 11.9. The third kappa shape index (κ3) is 30.5. The van der Waals surface area contributed by atoms with Gasteiger partial charge in [0.2, 0.25) is 0 Å². The first kappa shape index (κ1) is 123. The number of fused-ring (bicyclic) bond motifs is 13. The van der Waals surface area contributed by atoms with E-state index in [0.29, 0.717) is 35.9 Å². The Kier molecular flexibility index (Phi) is 53.3. The zero-order valence-corrected chi connectivity index (χ0v) is 73.8. The molecule has 0 saturated heterocycles. The van der Waals surface area contributed by atoms with Crippen molar-refractivity contribution >= 4 is 35.8 Å². The number of hydrogen-bond acceptors (Lipinski definition) is 18. The maximum Gasteiger partial charge on any atom is 0.313 e. The fraction of sp³-hybridized carbons (Fsp3) is 0.944. The molecule has 18 heteroatoms. The van der Waals surface area contributed by atoms with E-state index in [1.807, 2.05) is 104 Å². The largest absolute Gasteiger partial charge is 0.438 e. The van der Waals surface area contributed by atoms with Gasteiger partial charge in [-0.05, 0) is 396 Å². The Hall–Kier alpha value is -3.42. The van der Waals surface area contributed by atoms with Crippen molar-refractivity contribution in [1.29, 1.82) is 0 Å². The molecule has 0 aliphatic heterocycles. The van der Waals surface area contributed by atoms with Crippen LogP contribution in [-0.4, -0.2) is 114 Å². The van der Waals surface area contributed by atoms with Crippen molar-refractivity contribution in [2.75, 3.05) is 47.4 Å². The molecule has 18 nitrogen and oxygen atoms in total. The Bertz CT molecular complexity index is 3010. The zero-order valence-electron chi connectivity index (χ0n) is 73.8. The number of esters is 6. The fourth-order valence-corrected chi connectivity index (χ4v) is 26.4. The van der Waals surface area contributed by atoms with E-state index in [9.17, 15) is 28.8 Å². The number of hydrogen-bond donors (Lipinski definition) is 0. The first-order valence-corrected chi connectivity index (χ1v) is 47.2. The van der Waals surface area contributed by atoms with E-state index in [2.05, 4.69) is 0 Å². The lowest BCUT2D eigenvalue weighted by Gasteiger charge is -2.56. The van der Waals surface area contributed by atoms with Crippen molar-refractivity contribution in [2.24, 2.45) is 164 Å². The van der Waals surface area contributed by atoms with Gasteiger partial charge in [0.05, 0.1) is 71.1 Å². The lowest BCUT2D eigenvalue weighted by atomic mass is 9.50. The van der Waals surface area contributed by atoms with Crippen LogP contribution >= 0.6 is 0 Å². The second kappa shape index (κ2) is 54.8. The molecule has 20 fully saturated rings. The SMILES string of the molecule is C.C.C.C.C.C.C.C.C.C.C.C.CCC(C)(C)C(=O)OCOC1C2CC3CC(C2)CC1C3.CCC(C)(C)C(=O)OCOC1CC2CCC1C2.CCC(C)(C)C(=O)OCOCC12CC3CC(CC(C3)C1)C2.CCC(C)C(=O)OCOC1C2CC3CC(C2)CC1C3.CCC(C)C(=O)OCOC1CC2CC1C1C3CCC(C3)C21.CCC(C)C(=O)OCOC1CC2CCC1C2. The van der Waals surface area contributed by atoms with Gasteiger partial charge in [0.25, 0.3) is 0 Å². The molecule has 0 aromatic carbocycles. The van der Waals surface area contributed by atoms with Crippen molar-refractivity contribution in [3.05, 3.63) is 0 Å². The average Bonchev–Trinajstić information content (AvgIpc) is 1.55. The zero-order chi connectivity index (χ0) is 81.4. The summed E-state index contributed by atoms with van der Waals surface area (Å²) in [7, 11) is 0. The van der Waals surface area contributed by atoms with E-state index in [4.69, 9.17) is 56.8 Å². The van der Waals surface area contributed by atoms with Crippen LogP contribution in [0.15, 0.2) is 0 Å². The van der Waals surface area contributed by atoms with Crippen LogP contribution in [0.25, 0.3) is 0 Å². The summed E-state index contributed by atoms with van der Waals surface area (Å²) >= 11 is 0. The van der Waals surface area contributed by atoms with Crippen LogP contribution in [0.1, 0.15) is 418 Å². The summed E-state index contributed by atoms with van der Waals surface area (Å²) in [4.78, 5) is 70.3. The second-order valence-corrected chi connectivity index (χ2v) is 42.8. The molecule has 0 aromatic heterocycles. The molecule has 0 aromatic rings. The molecule has 0 heterocycles. The van der Waals surface area contributed by atoms with Gasteiger partial charge in [-0.3, -0.25) is 28.8 Å². The third-order valence-corrected chi connectivity index (χ3v) is 33.9. The Morgan fingerprint density at radius 3 is 0.905 bits per heavy atom. The molecule has 0 spiro atoms. The van der Waals surface area contributed by atoms with E-state index in [0.717, 1.165) is 169 Å². The summed E-state index contributed by atoms with van der Waals surface area (Å²) in [6.07, 6.45) is 46.0. The van der Waals surface area contributed by atoms with Crippen molar-refractivity contribution in [3.63, 3.8) is 0 Å². The van der Waals surface area contributed by atoms with Gasteiger partial charge in [-0.15, -0.1) is 0 Å². The van der Waals surface area contributed by atoms with Gasteiger partial charge < -0.3 is 56.8 Å². The smallest absolute Gasteiger partial charge is 0.313 e. The lowest BCUT2D eigenvalue weighted by Crippen LogP contribution is -2.49. The van der Waals surface area contributed by atoms with Crippen molar-refractivity contribution in [3.8, 4) is 0 Å². The van der Waals surface area contributed by atoms with E-state index in [1.54, 1.807) is 0 Å². The molecule has 0 N–H and O–H groups in total. The molecule has 16 atom stereocenters. The van der Waals surface area contributed by atoms with Crippen LogP contribution in [0.2, 0.25) is 0 Å². The normalized spacial score (nSPS) is 35.3. The van der Waals surface area contributed by atoms with Gasteiger partial charge in [-0.2, -0.15) is 0 Å². The first-order valence-electron chi connectivity index (χ1n) is 47.2. The van der Waals surface area contributed by atoms with Crippen molar-refractivity contribution < 1.29 is 85.6 Å². The minimum Gasteiger partial charge on any atom is -0.438 e. The monoisotopic (exact) mass is 1790 g/mol. The van der Waals surface area contributed by atoms with Gasteiger partial charge in [0.1, 0.15) is 0 Å². The summed E-state index contributed by atoms with van der Waals surface area (Å²) in [5.74, 6) is 17.6. The highest BCUT2D eigenvalue weighted by Gasteiger charge is 2.63. The third-order valence-electron chi connectivity index (χ3n) is 33.9. The minimum atomic E-state index is -0.399. The standard InChI is InChI=1S/C18H28O3.C18H30O3.C17H28O3.C16H26O3.C14H24O3.C13H22O3.12CH4/c1-3-10(2)18(19)21-9-20-15-8-13-7-14(15)17-12-5-4-11(6-12)16(13)17;1-4-17(2,3)16(19)21-12-20-11-18-8-13-5-14(9-18)7-15(6-13)10-18;1-4-17(2,3)16(18)20-10-19-15-13-6-11-5-12(8-13)9-14(15)7-11;1-3-10(2)16(17)19-9-18-15-13-5-11-4-12(7-13)8-14(15)6-11;1-4-14(2,3)13(15)17-9-16-12-8-10-5-6-11(12)7-10;1-3-9(2)13(14)16-8-15-12-7-10-4-5-11(12)6-10;;;;;;;;;;;;/h10-17H,3-9H2,1-2H3;13-15H,4-12H2,1-3H3;11-15H,4-10H2,1-3H3;10-15H,3-9H2,1-2H3;10-12H,4-9H2,1-3H3;9-12H,3-8H2,1-2H3;12*1H4. The van der Waals surface area contributed by atoms with Gasteiger partial charge in [-0.25, -0.2) is 0 Å². The Labute approximate surface area is 776 Å². The Balaban J connectivity index is 0.00000146. The predicted octanol–water partition coefficient (Wildman–Crippen LogP) is 28.4. The van der Waals surface area contributed by atoms with E-state index in [1.165, 1.54) is 186 Å². The Morgan fingerprint density at radius 1 is 0.286 bits per heavy atom. The van der Waals surface area contributed by atoms with Crippen LogP contribution in [0, 0.1) is 164 Å². The molecule has 16 unspecified atom stereocenters. The van der Waals surface area contributed by atoms with Gasteiger partial charge in [-0.1, -0.05) is 151 Å². The molecular formula is C108H206O18. The molecule has 746 valence electrons. The van der Waals surface area contributed by atoms with Gasteiger partial charge >= 0.3 is 35.8 Å². The van der Waals surface area contributed by atoms with E-state index >= 15 is 0 Å². The highest BCUT2D eigenvalue weighted by molar-refractivity contribution is 5.77. The molecule has 0 amide bonds. The van der Waals surface area contributed by atoms with E-state index in [-0.39, 0.29) is 183 Å². The fourth-order valence-electron chi connectivity index (χ4n) is 26.4. The van der Waals surface area contributed by atoms with Crippen LogP contribution in [0.5, 0.6) is 0 Å². The molecule has 20 aliphatic rings. The second-order valence-electron chi connectivity index (χ2n) is 42.8. The number of rotatable bonds is 31. The number of carbonyl (C=O) groups is 6. The predicted molar refractivity (Wildman–Crippen MR) is 517 cm³/mol. The summed E-state index contributed by atoms with van der Waals surface area (Å²) < 4.78 is 66.5. The molecule has 20 aliphatic carbocycles. The lowest BCUT2D eigenvalue weighted by molar-refractivity contribution is -0.193. The molecule has 20 bridgehead atoms. The van der Waals surface area contributed by atoms with Crippen LogP contribution in [0.4, 0.5) is 0 Å². The molecular weight excluding hydrogens is 1590 g/mol. The quantitative estimate of drug-likeness (QED) is 0.0207. The number of ether oxygens (including phenoxy) is 12. The average molecular weight is 1790 g/mol.